The number of carboxylic acid groups (broad SMARTS) is 1. The average molecular weight is 337 g/mol. The zero-order chi connectivity index (χ0) is 14.9. The van der Waals surface area contributed by atoms with E-state index in [2.05, 4.69) is 21.2 Å². The number of anilines is 1. The molecule has 1 aromatic heterocycles. The highest BCUT2D eigenvalue weighted by Gasteiger charge is 2.13. The summed E-state index contributed by atoms with van der Waals surface area (Å²) in [6.45, 7) is 1.71. The van der Waals surface area contributed by atoms with Gasteiger partial charge in [0.15, 0.2) is 0 Å². The van der Waals surface area contributed by atoms with E-state index < -0.39 is 5.97 Å². The summed E-state index contributed by atoms with van der Waals surface area (Å²) in [7, 11) is 1.76. The molecule has 1 heterocycles. The molecule has 0 radical (unpaired) electrons. The van der Waals surface area contributed by atoms with Crippen molar-refractivity contribution in [3.8, 4) is 0 Å². The van der Waals surface area contributed by atoms with Gasteiger partial charge in [-0.1, -0.05) is 6.07 Å². The van der Waals surface area contributed by atoms with Crippen molar-refractivity contribution in [1.82, 2.24) is 4.57 Å². The topological polar surface area (TPSA) is 71.3 Å². The Kier molecular flexibility index (Phi) is 3.94. The second-order valence-electron chi connectivity index (χ2n) is 4.44. The van der Waals surface area contributed by atoms with Gasteiger partial charge in [-0.15, -0.1) is 0 Å². The third-order valence-corrected chi connectivity index (χ3v) is 3.36. The van der Waals surface area contributed by atoms with E-state index in [4.69, 9.17) is 5.11 Å². The number of carbonyl (C=O) groups is 2. The summed E-state index contributed by atoms with van der Waals surface area (Å²) >= 11 is 3.30. The molecule has 1 amide bonds. The molecule has 0 aliphatic carbocycles. The van der Waals surface area contributed by atoms with E-state index in [-0.39, 0.29) is 11.5 Å². The lowest BCUT2D eigenvalue weighted by molar-refractivity contribution is 0.0695. The molecular formula is C14H13BrN2O3. The molecule has 20 heavy (non-hydrogen) atoms. The smallest absolute Gasteiger partial charge is 0.336 e. The van der Waals surface area contributed by atoms with Crippen LogP contribution in [-0.4, -0.2) is 21.6 Å². The number of aromatic nitrogens is 1. The number of amides is 1. The first-order valence-electron chi connectivity index (χ1n) is 5.85. The highest BCUT2D eigenvalue weighted by atomic mass is 79.9. The van der Waals surface area contributed by atoms with E-state index >= 15 is 0 Å². The first kappa shape index (κ1) is 14.3. The summed E-state index contributed by atoms with van der Waals surface area (Å²) < 4.78 is 2.49. The molecule has 0 fully saturated rings. The Labute approximate surface area is 124 Å². The number of nitrogens with zero attached hydrogens (tertiary/aromatic N) is 1. The zero-order valence-electron chi connectivity index (χ0n) is 11.0. The average Bonchev–Trinajstić information content (AvgIpc) is 2.70. The van der Waals surface area contributed by atoms with Crippen LogP contribution in [0.4, 0.5) is 5.69 Å². The van der Waals surface area contributed by atoms with E-state index in [0.29, 0.717) is 16.9 Å². The highest BCUT2D eigenvalue weighted by Crippen LogP contribution is 2.18. The van der Waals surface area contributed by atoms with Gasteiger partial charge < -0.3 is 15.0 Å². The van der Waals surface area contributed by atoms with E-state index in [0.717, 1.165) is 4.47 Å². The molecule has 0 bridgehead atoms. The van der Waals surface area contributed by atoms with Gasteiger partial charge in [0.05, 0.1) is 5.56 Å². The molecule has 0 saturated heterocycles. The number of aryl methyl sites for hydroxylation is 2. The van der Waals surface area contributed by atoms with Gasteiger partial charge in [-0.2, -0.15) is 0 Å². The largest absolute Gasteiger partial charge is 0.478 e. The number of halogens is 1. The molecule has 0 atom stereocenters. The van der Waals surface area contributed by atoms with E-state index in [1.807, 2.05) is 0 Å². The summed E-state index contributed by atoms with van der Waals surface area (Å²) in [4.78, 5) is 23.2. The van der Waals surface area contributed by atoms with Crippen LogP contribution in [0, 0.1) is 6.92 Å². The fourth-order valence-electron chi connectivity index (χ4n) is 1.88. The van der Waals surface area contributed by atoms with Gasteiger partial charge in [0.2, 0.25) is 0 Å². The third kappa shape index (κ3) is 2.91. The first-order valence-corrected chi connectivity index (χ1v) is 6.65. The van der Waals surface area contributed by atoms with Gasteiger partial charge in [0.1, 0.15) is 5.69 Å². The van der Waals surface area contributed by atoms with Crippen molar-refractivity contribution < 1.29 is 14.7 Å². The molecule has 5 nitrogen and oxygen atoms in total. The van der Waals surface area contributed by atoms with Gasteiger partial charge in [-0.05, 0) is 46.6 Å². The van der Waals surface area contributed by atoms with Crippen molar-refractivity contribution in [3.63, 3.8) is 0 Å². The Morgan fingerprint density at radius 1 is 1.30 bits per heavy atom. The van der Waals surface area contributed by atoms with Crippen LogP contribution in [0.1, 0.15) is 26.4 Å². The molecule has 0 saturated carbocycles. The Bertz CT molecular complexity index is 692. The number of hydrogen-bond acceptors (Lipinski definition) is 2. The first-order chi connectivity index (χ1) is 9.38. The van der Waals surface area contributed by atoms with Crippen LogP contribution in [0.2, 0.25) is 0 Å². The lowest BCUT2D eigenvalue weighted by Crippen LogP contribution is -2.15. The molecule has 2 aromatic rings. The number of benzene rings is 1. The highest BCUT2D eigenvalue weighted by molar-refractivity contribution is 9.10. The molecule has 2 N–H and O–H groups in total. The molecular weight excluding hydrogens is 324 g/mol. The number of nitrogens with one attached hydrogen (secondary N) is 1. The van der Waals surface area contributed by atoms with Crippen molar-refractivity contribution in [3.05, 3.63) is 51.8 Å². The van der Waals surface area contributed by atoms with Crippen molar-refractivity contribution in [2.75, 3.05) is 5.32 Å². The molecule has 1 aromatic carbocycles. The minimum atomic E-state index is -1.01. The molecule has 0 aliphatic heterocycles. The quantitative estimate of drug-likeness (QED) is 0.904. The van der Waals surface area contributed by atoms with Crippen molar-refractivity contribution in [1.29, 1.82) is 0 Å². The molecule has 6 heteroatoms. The molecule has 0 spiro atoms. The molecule has 0 aliphatic rings. The summed E-state index contributed by atoms with van der Waals surface area (Å²) in [5, 5.41) is 11.8. The predicted molar refractivity (Wildman–Crippen MR) is 79.2 cm³/mol. The molecule has 0 unspecified atom stereocenters. The molecule has 2 rings (SSSR count). The Hall–Kier alpha value is -2.08. The predicted octanol–water partition coefficient (Wildman–Crippen LogP) is 3.05. The standard InChI is InChI=1S/C14H13BrN2O3/c1-8-3-4-10(6-11(8)14(19)20)16-13(18)12-5-9(15)7-17(12)2/h3-7H,1-2H3,(H,16,18)(H,19,20). The molecule has 104 valence electrons. The normalized spacial score (nSPS) is 10.3. The van der Waals surface area contributed by atoms with E-state index in [1.165, 1.54) is 6.07 Å². The second-order valence-corrected chi connectivity index (χ2v) is 5.36. The van der Waals surface area contributed by atoms with Crippen LogP contribution in [0.15, 0.2) is 34.9 Å². The number of carboxylic acids is 1. The van der Waals surface area contributed by atoms with Gasteiger partial charge in [0.25, 0.3) is 5.91 Å². The van der Waals surface area contributed by atoms with Gasteiger partial charge >= 0.3 is 5.97 Å². The minimum Gasteiger partial charge on any atom is -0.478 e. The summed E-state index contributed by atoms with van der Waals surface area (Å²) in [6.07, 6.45) is 1.77. The fraction of sp³-hybridized carbons (Fsp3) is 0.143. The Morgan fingerprint density at radius 2 is 2.00 bits per heavy atom. The van der Waals surface area contributed by atoms with Gasteiger partial charge in [0, 0.05) is 23.4 Å². The van der Waals surface area contributed by atoms with Gasteiger partial charge in [-0.3, -0.25) is 4.79 Å². The van der Waals surface area contributed by atoms with Crippen molar-refractivity contribution in [2.24, 2.45) is 7.05 Å². The van der Waals surface area contributed by atoms with Crippen LogP contribution in [0.3, 0.4) is 0 Å². The van der Waals surface area contributed by atoms with E-state index in [9.17, 15) is 9.59 Å². The maximum absolute atomic E-state index is 12.1. The maximum atomic E-state index is 12.1. The third-order valence-electron chi connectivity index (χ3n) is 2.93. The van der Waals surface area contributed by atoms with Crippen molar-refractivity contribution in [2.45, 2.75) is 6.92 Å². The van der Waals surface area contributed by atoms with Crippen LogP contribution in [0.5, 0.6) is 0 Å². The van der Waals surface area contributed by atoms with Crippen LogP contribution in [-0.2, 0) is 7.05 Å². The van der Waals surface area contributed by atoms with Crippen LogP contribution in [0.25, 0.3) is 0 Å². The van der Waals surface area contributed by atoms with E-state index in [1.54, 1.807) is 42.9 Å². The van der Waals surface area contributed by atoms with Crippen LogP contribution < -0.4 is 5.32 Å². The summed E-state index contributed by atoms with van der Waals surface area (Å²) in [5.74, 6) is -1.31. The Morgan fingerprint density at radius 3 is 2.55 bits per heavy atom. The number of hydrogen-bond donors (Lipinski definition) is 2. The van der Waals surface area contributed by atoms with Gasteiger partial charge in [-0.25, -0.2) is 4.79 Å². The number of aromatic carboxylic acids is 1. The van der Waals surface area contributed by atoms with Crippen LogP contribution >= 0.6 is 15.9 Å². The maximum Gasteiger partial charge on any atom is 0.336 e. The Balaban J connectivity index is 2.26. The zero-order valence-corrected chi connectivity index (χ0v) is 12.6. The SMILES string of the molecule is Cc1ccc(NC(=O)c2cc(Br)cn2C)cc1C(=O)O. The number of carbonyl (C=O) groups excluding carboxylic acids is 1. The monoisotopic (exact) mass is 336 g/mol. The fourth-order valence-corrected chi connectivity index (χ4v) is 2.40. The minimum absolute atomic E-state index is 0.177. The summed E-state index contributed by atoms with van der Waals surface area (Å²) in [6, 6.07) is 6.49. The van der Waals surface area contributed by atoms with Crippen molar-refractivity contribution >= 4 is 33.5 Å². The number of rotatable bonds is 3. The second kappa shape index (κ2) is 5.50. The lowest BCUT2D eigenvalue weighted by atomic mass is 10.1. The summed E-state index contributed by atoms with van der Waals surface area (Å²) in [5.41, 5.74) is 1.76. The lowest BCUT2D eigenvalue weighted by Gasteiger charge is -2.08.